The minimum atomic E-state index is -4.67. The first-order chi connectivity index (χ1) is 8.92. The Morgan fingerprint density at radius 3 is 2.37 bits per heavy atom. The van der Waals surface area contributed by atoms with E-state index < -0.39 is 6.36 Å². The summed E-state index contributed by atoms with van der Waals surface area (Å²) in [5.74, 6) is -0.240. The van der Waals surface area contributed by atoms with E-state index in [1.807, 2.05) is 0 Å². The molecule has 0 heterocycles. The van der Waals surface area contributed by atoms with Gasteiger partial charge in [-0.25, -0.2) is 0 Å². The van der Waals surface area contributed by atoms with Gasteiger partial charge in [-0.1, -0.05) is 0 Å². The monoisotopic (exact) mass is 270 g/mol. The van der Waals surface area contributed by atoms with Gasteiger partial charge in [0.1, 0.15) is 5.75 Å². The standard InChI is InChI=1S/C13H13F3N2O/c14-13(15,16)19-11-3-1-10(2-4-11)18-9-12(5-6-12)7-8-17/h1-4,18H,5-7,9H2. The van der Waals surface area contributed by atoms with E-state index in [2.05, 4.69) is 16.1 Å². The third-order valence-corrected chi connectivity index (χ3v) is 3.17. The van der Waals surface area contributed by atoms with Gasteiger partial charge in [0.2, 0.25) is 0 Å². The lowest BCUT2D eigenvalue weighted by Gasteiger charge is -2.14. The largest absolute Gasteiger partial charge is 0.573 e. The van der Waals surface area contributed by atoms with Gasteiger partial charge in [-0.05, 0) is 37.1 Å². The molecular formula is C13H13F3N2O. The van der Waals surface area contributed by atoms with Gasteiger partial charge >= 0.3 is 6.36 Å². The topological polar surface area (TPSA) is 45.0 Å². The fourth-order valence-electron chi connectivity index (χ4n) is 1.82. The number of nitrogens with zero attached hydrogens (tertiary/aromatic N) is 1. The number of benzene rings is 1. The molecule has 1 aliphatic carbocycles. The SMILES string of the molecule is N#CCC1(CNc2ccc(OC(F)(F)F)cc2)CC1. The molecule has 0 spiro atoms. The van der Waals surface area contributed by atoms with Gasteiger partial charge in [-0.2, -0.15) is 5.26 Å². The Hall–Kier alpha value is -1.90. The third kappa shape index (κ3) is 4.05. The van der Waals surface area contributed by atoms with Gasteiger partial charge in [0, 0.05) is 24.1 Å². The van der Waals surface area contributed by atoms with Crippen molar-refractivity contribution in [1.29, 1.82) is 5.26 Å². The van der Waals surface area contributed by atoms with Crippen LogP contribution in [0.2, 0.25) is 0 Å². The van der Waals surface area contributed by atoms with E-state index >= 15 is 0 Å². The molecule has 0 radical (unpaired) electrons. The average molecular weight is 270 g/mol. The van der Waals surface area contributed by atoms with Crippen LogP contribution in [0.4, 0.5) is 18.9 Å². The molecule has 3 nitrogen and oxygen atoms in total. The quantitative estimate of drug-likeness (QED) is 0.887. The maximum Gasteiger partial charge on any atom is 0.573 e. The van der Waals surface area contributed by atoms with Gasteiger partial charge in [0.05, 0.1) is 6.07 Å². The highest BCUT2D eigenvalue weighted by molar-refractivity contribution is 5.46. The van der Waals surface area contributed by atoms with Gasteiger partial charge in [-0.15, -0.1) is 13.2 Å². The molecule has 0 aromatic heterocycles. The zero-order valence-corrected chi connectivity index (χ0v) is 10.1. The van der Waals surface area contributed by atoms with E-state index in [1.54, 1.807) is 0 Å². The third-order valence-electron chi connectivity index (χ3n) is 3.17. The molecule has 1 saturated carbocycles. The van der Waals surface area contributed by atoms with Crippen LogP contribution in [0.1, 0.15) is 19.3 Å². The molecule has 6 heteroatoms. The maximum atomic E-state index is 12.0. The lowest BCUT2D eigenvalue weighted by Crippen LogP contribution is -2.17. The number of hydrogen-bond donors (Lipinski definition) is 1. The Kier molecular flexibility index (Phi) is 3.56. The van der Waals surface area contributed by atoms with Crippen LogP contribution >= 0.6 is 0 Å². The highest BCUT2D eigenvalue weighted by atomic mass is 19.4. The molecule has 0 amide bonds. The Morgan fingerprint density at radius 1 is 1.26 bits per heavy atom. The minimum absolute atomic E-state index is 0.0515. The molecule has 0 aliphatic heterocycles. The van der Waals surface area contributed by atoms with Crippen molar-refractivity contribution in [2.75, 3.05) is 11.9 Å². The van der Waals surface area contributed by atoms with Gasteiger partial charge in [-0.3, -0.25) is 0 Å². The highest BCUT2D eigenvalue weighted by Gasteiger charge is 2.42. The molecule has 1 aliphatic rings. The van der Waals surface area contributed by atoms with Crippen LogP contribution in [-0.4, -0.2) is 12.9 Å². The van der Waals surface area contributed by atoms with E-state index in [9.17, 15) is 13.2 Å². The van der Waals surface area contributed by atoms with Gasteiger partial charge in [0.15, 0.2) is 0 Å². The normalized spacial score (nSPS) is 16.5. The zero-order valence-electron chi connectivity index (χ0n) is 10.1. The van der Waals surface area contributed by atoms with Crippen molar-refractivity contribution in [3.63, 3.8) is 0 Å². The Balaban J connectivity index is 1.87. The lowest BCUT2D eigenvalue weighted by molar-refractivity contribution is -0.274. The van der Waals surface area contributed by atoms with Crippen LogP contribution in [0.3, 0.4) is 0 Å². The van der Waals surface area contributed by atoms with Crippen molar-refractivity contribution in [1.82, 2.24) is 0 Å². The predicted octanol–water partition coefficient (Wildman–Crippen LogP) is 3.69. The number of alkyl halides is 3. The number of ether oxygens (including phenoxy) is 1. The van der Waals surface area contributed by atoms with Crippen molar-refractivity contribution in [2.24, 2.45) is 5.41 Å². The van der Waals surface area contributed by atoms with E-state index in [0.717, 1.165) is 18.5 Å². The van der Waals surface area contributed by atoms with Crippen LogP contribution in [0.15, 0.2) is 24.3 Å². The molecule has 102 valence electrons. The van der Waals surface area contributed by atoms with Crippen molar-refractivity contribution < 1.29 is 17.9 Å². The molecule has 19 heavy (non-hydrogen) atoms. The summed E-state index contributed by atoms with van der Waals surface area (Å²) in [6.07, 6.45) is -2.12. The number of nitriles is 1. The van der Waals surface area contributed by atoms with Crippen LogP contribution in [0, 0.1) is 16.7 Å². The second kappa shape index (κ2) is 5.00. The molecule has 0 bridgehead atoms. The number of rotatable bonds is 5. The molecule has 1 fully saturated rings. The average Bonchev–Trinajstić information content (AvgIpc) is 3.07. The Morgan fingerprint density at radius 2 is 1.89 bits per heavy atom. The minimum Gasteiger partial charge on any atom is -0.406 e. The first-order valence-electron chi connectivity index (χ1n) is 5.89. The molecule has 0 saturated heterocycles. The van der Waals surface area contributed by atoms with Crippen LogP contribution in [-0.2, 0) is 0 Å². The zero-order chi connectivity index (χ0) is 13.9. The molecule has 2 rings (SSSR count). The first-order valence-corrected chi connectivity index (χ1v) is 5.89. The smallest absolute Gasteiger partial charge is 0.406 e. The highest BCUT2D eigenvalue weighted by Crippen LogP contribution is 2.48. The molecule has 1 N–H and O–H groups in total. The van der Waals surface area contributed by atoms with Crippen molar-refractivity contribution in [3.8, 4) is 11.8 Å². The van der Waals surface area contributed by atoms with E-state index in [-0.39, 0.29) is 11.2 Å². The van der Waals surface area contributed by atoms with E-state index in [4.69, 9.17) is 5.26 Å². The summed E-state index contributed by atoms with van der Waals surface area (Å²) in [6.45, 7) is 0.667. The fourth-order valence-corrected chi connectivity index (χ4v) is 1.82. The summed E-state index contributed by atoms with van der Waals surface area (Å²) in [4.78, 5) is 0. The van der Waals surface area contributed by atoms with Crippen molar-refractivity contribution in [3.05, 3.63) is 24.3 Å². The number of halogens is 3. The summed E-state index contributed by atoms with van der Waals surface area (Å²) in [7, 11) is 0. The number of nitrogens with one attached hydrogen (secondary N) is 1. The second-order valence-corrected chi connectivity index (χ2v) is 4.76. The summed E-state index contributed by atoms with van der Waals surface area (Å²) < 4.78 is 39.7. The lowest BCUT2D eigenvalue weighted by atomic mass is 10.0. The summed E-state index contributed by atoms with van der Waals surface area (Å²) >= 11 is 0. The summed E-state index contributed by atoms with van der Waals surface area (Å²) in [5.41, 5.74) is 0.773. The van der Waals surface area contributed by atoms with E-state index in [1.165, 1.54) is 24.3 Å². The second-order valence-electron chi connectivity index (χ2n) is 4.76. The Bertz CT molecular complexity index is 472. The molecular weight excluding hydrogens is 257 g/mol. The maximum absolute atomic E-state index is 12.0. The molecule has 1 aromatic carbocycles. The van der Waals surface area contributed by atoms with Gasteiger partial charge in [0.25, 0.3) is 0 Å². The fraction of sp³-hybridized carbons (Fsp3) is 0.462. The first kappa shape index (κ1) is 13.5. The Labute approximate surface area is 109 Å². The molecule has 0 unspecified atom stereocenters. The van der Waals surface area contributed by atoms with Crippen LogP contribution < -0.4 is 10.1 Å². The van der Waals surface area contributed by atoms with Crippen LogP contribution in [0.5, 0.6) is 5.75 Å². The van der Waals surface area contributed by atoms with Crippen LogP contribution in [0.25, 0.3) is 0 Å². The summed E-state index contributed by atoms with van der Waals surface area (Å²) in [5, 5.41) is 11.8. The number of anilines is 1. The van der Waals surface area contributed by atoms with Gasteiger partial charge < -0.3 is 10.1 Å². The van der Waals surface area contributed by atoms with Crippen molar-refractivity contribution >= 4 is 5.69 Å². The molecule has 0 atom stereocenters. The number of hydrogen-bond acceptors (Lipinski definition) is 3. The summed E-state index contributed by atoms with van der Waals surface area (Å²) in [6, 6.07) is 7.75. The molecule has 1 aromatic rings. The predicted molar refractivity (Wildman–Crippen MR) is 63.5 cm³/mol. The van der Waals surface area contributed by atoms with Crippen molar-refractivity contribution in [2.45, 2.75) is 25.6 Å². The van der Waals surface area contributed by atoms with E-state index in [0.29, 0.717) is 13.0 Å².